The third-order valence-corrected chi connectivity index (χ3v) is 3.14. The van der Waals surface area contributed by atoms with Gasteiger partial charge in [-0.2, -0.15) is 8.78 Å². The van der Waals surface area contributed by atoms with Gasteiger partial charge in [0.1, 0.15) is 0 Å². The van der Waals surface area contributed by atoms with Gasteiger partial charge in [0.15, 0.2) is 0 Å². The number of piperidine rings is 1. The van der Waals surface area contributed by atoms with Crippen LogP contribution >= 0.6 is 0 Å². The molecule has 1 heterocycles. The largest absolute Gasteiger partial charge is 0.351 e. The van der Waals surface area contributed by atoms with Gasteiger partial charge in [-0.1, -0.05) is 6.92 Å². The predicted molar refractivity (Wildman–Crippen MR) is 63.1 cm³/mol. The molecule has 0 aromatic rings. The second kappa shape index (κ2) is 7.58. The lowest BCUT2D eigenvalue weighted by Crippen LogP contribution is -2.35. The first-order chi connectivity index (χ1) is 8.09. The molecule has 0 aromatic heterocycles. The van der Waals surface area contributed by atoms with Gasteiger partial charge in [-0.15, -0.1) is 0 Å². The average molecular weight is 248 g/mol. The summed E-state index contributed by atoms with van der Waals surface area (Å²) in [5, 5.41) is 2.22. The number of carbonyl (C=O) groups is 1. The van der Waals surface area contributed by atoms with Gasteiger partial charge < -0.3 is 10.2 Å². The molecule has 3 nitrogen and oxygen atoms in total. The molecule has 1 saturated heterocycles. The number of rotatable bonds is 6. The van der Waals surface area contributed by atoms with Gasteiger partial charge >= 0.3 is 6.43 Å². The van der Waals surface area contributed by atoms with Gasteiger partial charge in [-0.05, 0) is 44.7 Å². The molecule has 0 bridgehead atoms. The highest BCUT2D eigenvalue weighted by atomic mass is 19.3. The monoisotopic (exact) mass is 248 g/mol. The average Bonchev–Trinajstić information content (AvgIpc) is 2.28. The molecule has 1 atom stereocenters. The first-order valence-electron chi connectivity index (χ1n) is 6.38. The highest BCUT2D eigenvalue weighted by molar-refractivity contribution is 5.78. The maximum Gasteiger partial charge on any atom is 0.315 e. The Morgan fingerprint density at radius 3 is 2.88 bits per heavy atom. The van der Waals surface area contributed by atoms with Crippen LogP contribution < -0.4 is 5.32 Å². The molecule has 1 amide bonds. The van der Waals surface area contributed by atoms with Crippen LogP contribution in [0.5, 0.6) is 0 Å². The molecule has 0 radical (unpaired) electrons. The van der Waals surface area contributed by atoms with E-state index in [-0.39, 0.29) is 0 Å². The maximum absolute atomic E-state index is 11.9. The smallest absolute Gasteiger partial charge is 0.315 e. The van der Waals surface area contributed by atoms with E-state index in [4.69, 9.17) is 0 Å². The minimum atomic E-state index is -2.89. The number of unbranched alkanes of at least 4 members (excludes halogenated alkanes) is 1. The lowest BCUT2D eigenvalue weighted by Gasteiger charge is -2.30. The molecular weight excluding hydrogens is 226 g/mol. The van der Waals surface area contributed by atoms with Gasteiger partial charge in [-0.3, -0.25) is 4.79 Å². The minimum Gasteiger partial charge on any atom is -0.351 e. The molecule has 0 unspecified atom stereocenters. The van der Waals surface area contributed by atoms with Crippen LogP contribution in [-0.2, 0) is 4.79 Å². The second-order valence-corrected chi connectivity index (χ2v) is 4.85. The van der Waals surface area contributed by atoms with Crippen LogP contribution in [0.4, 0.5) is 8.78 Å². The van der Waals surface area contributed by atoms with Crippen molar-refractivity contribution in [3.8, 4) is 0 Å². The number of halogens is 2. The van der Waals surface area contributed by atoms with E-state index >= 15 is 0 Å². The van der Waals surface area contributed by atoms with E-state index < -0.39 is 12.3 Å². The van der Waals surface area contributed by atoms with Crippen molar-refractivity contribution in [2.45, 2.75) is 39.0 Å². The van der Waals surface area contributed by atoms with Gasteiger partial charge in [0.2, 0.25) is 0 Å². The molecule has 0 spiro atoms. The maximum atomic E-state index is 11.9. The van der Waals surface area contributed by atoms with Gasteiger partial charge in [0.05, 0.1) is 0 Å². The van der Waals surface area contributed by atoms with E-state index in [1.165, 1.54) is 12.8 Å². The Hall–Kier alpha value is -0.710. The number of nitrogens with zero attached hydrogens (tertiary/aromatic N) is 1. The summed E-state index contributed by atoms with van der Waals surface area (Å²) in [5.74, 6) is -0.390. The molecule has 100 valence electrons. The molecule has 1 rings (SSSR count). The van der Waals surface area contributed by atoms with E-state index in [0.29, 0.717) is 6.54 Å². The zero-order valence-corrected chi connectivity index (χ0v) is 10.4. The summed E-state index contributed by atoms with van der Waals surface area (Å²) in [7, 11) is 0. The molecule has 1 aliphatic heterocycles. The van der Waals surface area contributed by atoms with Crippen molar-refractivity contribution in [1.82, 2.24) is 10.2 Å². The standard InChI is InChI=1S/C12H22F2N2O/c1-10-5-4-8-16(9-10)7-3-2-6-15-12(17)11(13)14/h10-11H,2-9H2,1H3,(H,15,17)/t10-/m0/s1. The lowest BCUT2D eigenvalue weighted by molar-refractivity contribution is -0.131. The fourth-order valence-electron chi connectivity index (χ4n) is 2.24. The van der Waals surface area contributed by atoms with Crippen molar-refractivity contribution in [2.75, 3.05) is 26.2 Å². The van der Waals surface area contributed by atoms with E-state index in [9.17, 15) is 13.6 Å². The normalized spacial score (nSPS) is 21.8. The summed E-state index contributed by atoms with van der Waals surface area (Å²) in [6.45, 7) is 5.91. The van der Waals surface area contributed by atoms with E-state index in [1.807, 2.05) is 0 Å². The van der Waals surface area contributed by atoms with E-state index in [0.717, 1.165) is 38.4 Å². The molecule has 0 aliphatic carbocycles. The van der Waals surface area contributed by atoms with Crippen molar-refractivity contribution >= 4 is 5.91 Å². The van der Waals surface area contributed by atoms with Crippen LogP contribution in [0.2, 0.25) is 0 Å². The number of hydrogen-bond donors (Lipinski definition) is 1. The molecule has 0 aromatic carbocycles. The molecule has 1 aliphatic rings. The fourth-order valence-corrected chi connectivity index (χ4v) is 2.24. The Balaban J connectivity index is 1.98. The van der Waals surface area contributed by atoms with Crippen molar-refractivity contribution in [1.29, 1.82) is 0 Å². The summed E-state index contributed by atoms with van der Waals surface area (Å²) in [4.78, 5) is 13.0. The number of likely N-dealkylation sites (tertiary alicyclic amines) is 1. The molecule has 1 N–H and O–H groups in total. The van der Waals surface area contributed by atoms with Crippen molar-refractivity contribution in [2.24, 2.45) is 5.92 Å². The van der Waals surface area contributed by atoms with E-state index in [2.05, 4.69) is 17.1 Å². The Labute approximate surface area is 102 Å². The number of nitrogens with one attached hydrogen (secondary N) is 1. The third kappa shape index (κ3) is 5.96. The van der Waals surface area contributed by atoms with Gasteiger partial charge in [0.25, 0.3) is 5.91 Å². The highest BCUT2D eigenvalue weighted by Crippen LogP contribution is 2.15. The lowest BCUT2D eigenvalue weighted by atomic mass is 10.0. The number of amides is 1. The van der Waals surface area contributed by atoms with Crippen LogP contribution in [0, 0.1) is 5.92 Å². The van der Waals surface area contributed by atoms with Crippen molar-refractivity contribution in [3.05, 3.63) is 0 Å². The number of carbonyl (C=O) groups excluding carboxylic acids is 1. The SMILES string of the molecule is C[C@H]1CCCN(CCCCNC(=O)C(F)F)C1. The van der Waals surface area contributed by atoms with Gasteiger partial charge in [0, 0.05) is 13.1 Å². The summed E-state index contributed by atoms with van der Waals surface area (Å²) in [5.41, 5.74) is 0. The number of alkyl halides is 2. The Bertz CT molecular complexity index is 237. The summed E-state index contributed by atoms with van der Waals surface area (Å²) >= 11 is 0. The van der Waals surface area contributed by atoms with Crippen LogP contribution in [0.3, 0.4) is 0 Å². The van der Waals surface area contributed by atoms with Crippen LogP contribution in [0.15, 0.2) is 0 Å². The van der Waals surface area contributed by atoms with Crippen LogP contribution in [-0.4, -0.2) is 43.4 Å². The fraction of sp³-hybridized carbons (Fsp3) is 0.917. The number of hydrogen-bond acceptors (Lipinski definition) is 2. The second-order valence-electron chi connectivity index (χ2n) is 4.85. The highest BCUT2D eigenvalue weighted by Gasteiger charge is 2.16. The van der Waals surface area contributed by atoms with Crippen molar-refractivity contribution in [3.63, 3.8) is 0 Å². The first kappa shape index (κ1) is 14.4. The molecule has 17 heavy (non-hydrogen) atoms. The first-order valence-corrected chi connectivity index (χ1v) is 6.38. The Morgan fingerprint density at radius 2 is 2.24 bits per heavy atom. The third-order valence-electron chi connectivity index (χ3n) is 3.14. The zero-order valence-electron chi connectivity index (χ0n) is 10.4. The summed E-state index contributed by atoms with van der Waals surface area (Å²) in [6.07, 6.45) is 1.39. The zero-order chi connectivity index (χ0) is 12.7. The van der Waals surface area contributed by atoms with Crippen molar-refractivity contribution < 1.29 is 13.6 Å². The molecule has 1 fully saturated rings. The predicted octanol–water partition coefficient (Wildman–Crippen LogP) is 1.88. The Kier molecular flexibility index (Phi) is 6.40. The van der Waals surface area contributed by atoms with E-state index in [1.54, 1.807) is 0 Å². The van der Waals surface area contributed by atoms with Gasteiger partial charge in [-0.25, -0.2) is 0 Å². The molecule has 5 heteroatoms. The quantitative estimate of drug-likeness (QED) is 0.728. The molecule has 0 saturated carbocycles. The Morgan fingerprint density at radius 1 is 1.47 bits per heavy atom. The summed E-state index contributed by atoms with van der Waals surface area (Å²) in [6, 6.07) is 0. The van der Waals surface area contributed by atoms with Crippen LogP contribution in [0.25, 0.3) is 0 Å². The van der Waals surface area contributed by atoms with Crippen LogP contribution in [0.1, 0.15) is 32.6 Å². The minimum absolute atomic E-state index is 0.354. The molecular formula is C12H22F2N2O. The summed E-state index contributed by atoms with van der Waals surface area (Å²) < 4.78 is 23.7. The topological polar surface area (TPSA) is 32.3 Å².